The molecule has 0 bridgehead atoms. The van der Waals surface area contributed by atoms with Gasteiger partial charge in [-0.3, -0.25) is 0 Å². The van der Waals surface area contributed by atoms with E-state index in [1.807, 2.05) is 18.2 Å². The highest BCUT2D eigenvalue weighted by molar-refractivity contribution is 5.54. The van der Waals surface area contributed by atoms with Crippen LogP contribution >= 0.6 is 0 Å². The van der Waals surface area contributed by atoms with E-state index >= 15 is 0 Å². The Morgan fingerprint density at radius 2 is 2.26 bits per heavy atom. The first-order valence-electron chi connectivity index (χ1n) is 6.96. The van der Waals surface area contributed by atoms with Crippen LogP contribution in [-0.2, 0) is 6.42 Å². The summed E-state index contributed by atoms with van der Waals surface area (Å²) in [5.74, 6) is 1.00. The third kappa shape index (κ3) is 3.39. The predicted octanol–water partition coefficient (Wildman–Crippen LogP) is 1.52. The maximum atomic E-state index is 10.1. The van der Waals surface area contributed by atoms with Gasteiger partial charge in [0, 0.05) is 19.0 Å². The van der Waals surface area contributed by atoms with Gasteiger partial charge in [0.05, 0.1) is 18.9 Å². The lowest BCUT2D eigenvalue weighted by atomic mass is 9.88. The molecule has 1 aliphatic rings. The SMILES string of the molecule is CCN1CCC(O)C(Cc2ccc(OC)c(N)c2)C1. The number of rotatable bonds is 4. The third-order valence-corrected chi connectivity index (χ3v) is 4.02. The lowest BCUT2D eigenvalue weighted by Gasteiger charge is -2.35. The van der Waals surface area contributed by atoms with Gasteiger partial charge in [-0.2, -0.15) is 0 Å². The second kappa shape index (κ2) is 6.26. The Labute approximate surface area is 115 Å². The molecule has 3 N–H and O–H groups in total. The van der Waals surface area contributed by atoms with Crippen LogP contribution in [-0.4, -0.2) is 42.9 Å². The summed E-state index contributed by atoms with van der Waals surface area (Å²) in [5.41, 5.74) is 7.76. The molecule has 0 saturated carbocycles. The van der Waals surface area contributed by atoms with E-state index in [0.29, 0.717) is 17.4 Å². The molecular weight excluding hydrogens is 240 g/mol. The van der Waals surface area contributed by atoms with E-state index in [1.54, 1.807) is 7.11 Å². The molecule has 1 saturated heterocycles. The smallest absolute Gasteiger partial charge is 0.141 e. The van der Waals surface area contributed by atoms with E-state index in [9.17, 15) is 5.11 Å². The van der Waals surface area contributed by atoms with Crippen molar-refractivity contribution in [3.05, 3.63) is 23.8 Å². The Hall–Kier alpha value is -1.26. The van der Waals surface area contributed by atoms with Gasteiger partial charge in [-0.15, -0.1) is 0 Å². The number of hydrogen-bond acceptors (Lipinski definition) is 4. The van der Waals surface area contributed by atoms with Gasteiger partial charge in [0.1, 0.15) is 5.75 Å². The number of benzene rings is 1. The molecular formula is C15H24N2O2. The van der Waals surface area contributed by atoms with Crippen molar-refractivity contribution in [2.45, 2.75) is 25.9 Å². The molecule has 106 valence electrons. The number of aliphatic hydroxyl groups is 1. The molecule has 1 fully saturated rings. The summed E-state index contributed by atoms with van der Waals surface area (Å²) < 4.78 is 5.16. The summed E-state index contributed by atoms with van der Waals surface area (Å²) in [5, 5.41) is 10.1. The Morgan fingerprint density at radius 1 is 1.47 bits per heavy atom. The number of nitrogens with two attached hydrogens (primary N) is 1. The normalized spacial score (nSPS) is 24.4. The van der Waals surface area contributed by atoms with Crippen molar-refractivity contribution in [3.8, 4) is 5.75 Å². The number of methoxy groups -OCH3 is 1. The van der Waals surface area contributed by atoms with Crippen LogP contribution in [0.3, 0.4) is 0 Å². The van der Waals surface area contributed by atoms with Crippen LogP contribution < -0.4 is 10.5 Å². The molecule has 2 atom stereocenters. The van der Waals surface area contributed by atoms with Gasteiger partial charge in [0.15, 0.2) is 0 Å². The molecule has 4 nitrogen and oxygen atoms in total. The molecule has 1 aliphatic heterocycles. The van der Waals surface area contributed by atoms with Crippen LogP contribution in [0.15, 0.2) is 18.2 Å². The van der Waals surface area contributed by atoms with Crippen LogP contribution in [0, 0.1) is 5.92 Å². The highest BCUT2D eigenvalue weighted by Gasteiger charge is 2.27. The van der Waals surface area contributed by atoms with Crippen molar-refractivity contribution in [3.63, 3.8) is 0 Å². The van der Waals surface area contributed by atoms with Gasteiger partial charge in [0.2, 0.25) is 0 Å². The molecule has 1 heterocycles. The fraction of sp³-hybridized carbons (Fsp3) is 0.600. The monoisotopic (exact) mass is 264 g/mol. The van der Waals surface area contributed by atoms with E-state index in [-0.39, 0.29) is 6.10 Å². The molecule has 19 heavy (non-hydrogen) atoms. The summed E-state index contributed by atoms with van der Waals surface area (Å²) in [6.45, 7) is 5.18. The van der Waals surface area contributed by atoms with Crippen molar-refractivity contribution in [2.75, 3.05) is 32.5 Å². The fourth-order valence-electron chi connectivity index (χ4n) is 2.80. The van der Waals surface area contributed by atoms with E-state index in [4.69, 9.17) is 10.5 Å². The molecule has 0 aliphatic carbocycles. The Bertz CT molecular complexity index is 423. The van der Waals surface area contributed by atoms with E-state index in [1.165, 1.54) is 5.56 Å². The Morgan fingerprint density at radius 3 is 2.89 bits per heavy atom. The number of ether oxygens (including phenoxy) is 1. The topological polar surface area (TPSA) is 58.7 Å². The zero-order valence-electron chi connectivity index (χ0n) is 11.8. The number of nitrogen functional groups attached to an aromatic ring is 1. The lowest BCUT2D eigenvalue weighted by Crippen LogP contribution is -2.43. The van der Waals surface area contributed by atoms with Crippen molar-refractivity contribution in [1.82, 2.24) is 4.90 Å². The van der Waals surface area contributed by atoms with Crippen molar-refractivity contribution >= 4 is 5.69 Å². The Kier molecular flexibility index (Phi) is 4.66. The number of aliphatic hydroxyl groups excluding tert-OH is 1. The van der Waals surface area contributed by atoms with Crippen LogP contribution in [0.1, 0.15) is 18.9 Å². The van der Waals surface area contributed by atoms with Gasteiger partial charge >= 0.3 is 0 Å². The summed E-state index contributed by atoms with van der Waals surface area (Å²) in [6, 6.07) is 5.89. The van der Waals surface area contributed by atoms with Gasteiger partial charge in [0.25, 0.3) is 0 Å². The number of likely N-dealkylation sites (tertiary alicyclic amines) is 1. The van der Waals surface area contributed by atoms with Gasteiger partial charge in [-0.25, -0.2) is 0 Å². The number of anilines is 1. The summed E-state index contributed by atoms with van der Waals surface area (Å²) >= 11 is 0. The summed E-state index contributed by atoms with van der Waals surface area (Å²) in [4.78, 5) is 2.39. The van der Waals surface area contributed by atoms with Crippen molar-refractivity contribution < 1.29 is 9.84 Å². The van der Waals surface area contributed by atoms with Gasteiger partial charge in [-0.1, -0.05) is 13.0 Å². The van der Waals surface area contributed by atoms with E-state index < -0.39 is 0 Å². The van der Waals surface area contributed by atoms with Crippen molar-refractivity contribution in [1.29, 1.82) is 0 Å². The molecule has 0 aromatic heterocycles. The second-order valence-electron chi connectivity index (χ2n) is 5.29. The van der Waals surface area contributed by atoms with Crippen LogP contribution in [0.2, 0.25) is 0 Å². The highest BCUT2D eigenvalue weighted by Crippen LogP contribution is 2.26. The molecule has 2 rings (SSSR count). The molecule has 0 radical (unpaired) electrons. The minimum Gasteiger partial charge on any atom is -0.495 e. The van der Waals surface area contributed by atoms with E-state index in [0.717, 1.165) is 32.5 Å². The largest absolute Gasteiger partial charge is 0.495 e. The summed E-state index contributed by atoms with van der Waals surface area (Å²) in [6.07, 6.45) is 1.53. The number of hydrogen-bond donors (Lipinski definition) is 2. The van der Waals surface area contributed by atoms with Crippen LogP contribution in [0.5, 0.6) is 5.75 Å². The number of nitrogens with zero attached hydrogens (tertiary/aromatic N) is 1. The average molecular weight is 264 g/mol. The van der Waals surface area contributed by atoms with Crippen LogP contribution in [0.4, 0.5) is 5.69 Å². The minimum atomic E-state index is -0.203. The minimum absolute atomic E-state index is 0.203. The summed E-state index contributed by atoms with van der Waals surface area (Å²) in [7, 11) is 1.62. The lowest BCUT2D eigenvalue weighted by molar-refractivity contribution is 0.0290. The van der Waals surface area contributed by atoms with Crippen LogP contribution in [0.25, 0.3) is 0 Å². The zero-order chi connectivity index (χ0) is 13.8. The maximum absolute atomic E-state index is 10.1. The molecule has 0 spiro atoms. The molecule has 1 aromatic rings. The molecule has 1 aromatic carbocycles. The average Bonchev–Trinajstić information content (AvgIpc) is 2.41. The quantitative estimate of drug-likeness (QED) is 0.810. The van der Waals surface area contributed by atoms with Crippen molar-refractivity contribution in [2.24, 2.45) is 5.92 Å². The fourth-order valence-corrected chi connectivity index (χ4v) is 2.80. The first kappa shape index (κ1) is 14.2. The third-order valence-electron chi connectivity index (χ3n) is 4.02. The zero-order valence-corrected chi connectivity index (χ0v) is 11.8. The molecule has 2 unspecified atom stereocenters. The van der Waals surface area contributed by atoms with Gasteiger partial charge in [-0.05, 0) is 37.1 Å². The first-order valence-corrected chi connectivity index (χ1v) is 6.96. The second-order valence-corrected chi connectivity index (χ2v) is 5.29. The van der Waals surface area contributed by atoms with Gasteiger partial charge < -0.3 is 20.5 Å². The standard InChI is InChI=1S/C15H24N2O2/c1-3-17-7-6-14(18)12(10-17)8-11-4-5-15(19-2)13(16)9-11/h4-5,9,12,14,18H,3,6-8,10,16H2,1-2H3. The maximum Gasteiger partial charge on any atom is 0.141 e. The molecule has 0 amide bonds. The Balaban J connectivity index is 2.05. The highest BCUT2D eigenvalue weighted by atomic mass is 16.5. The first-order chi connectivity index (χ1) is 9.13. The molecule has 4 heteroatoms. The predicted molar refractivity (Wildman–Crippen MR) is 77.3 cm³/mol. The van der Waals surface area contributed by atoms with E-state index in [2.05, 4.69) is 11.8 Å². The number of piperidine rings is 1.